The van der Waals surface area contributed by atoms with Crippen molar-refractivity contribution in [1.82, 2.24) is 0 Å². The topological polar surface area (TPSA) is 111 Å². The summed E-state index contributed by atoms with van der Waals surface area (Å²) in [5, 5.41) is 11.7. The predicted molar refractivity (Wildman–Crippen MR) is 232 cm³/mol. The number of allylic oxidation sites excluding steroid dienone is 12. The summed E-state index contributed by atoms with van der Waals surface area (Å²) < 4.78 is 22.4. The molecular formula is C48H81NO8. The Morgan fingerprint density at radius 2 is 1.00 bits per heavy atom. The molecule has 0 aliphatic heterocycles. The van der Waals surface area contributed by atoms with E-state index >= 15 is 0 Å². The minimum absolute atomic E-state index is 0.139. The van der Waals surface area contributed by atoms with Crippen LogP contribution in [0.5, 0.6) is 0 Å². The molecule has 0 rings (SSSR count). The van der Waals surface area contributed by atoms with Gasteiger partial charge in [0, 0.05) is 12.8 Å². The molecule has 326 valence electrons. The molecule has 2 unspecified atom stereocenters. The molecule has 0 bridgehead atoms. The van der Waals surface area contributed by atoms with Crippen LogP contribution in [-0.4, -0.2) is 82.3 Å². The van der Waals surface area contributed by atoms with E-state index in [0.29, 0.717) is 17.4 Å². The predicted octanol–water partition coefficient (Wildman–Crippen LogP) is 10.2. The molecule has 0 saturated heterocycles. The first-order chi connectivity index (χ1) is 27.6. The number of carboxylic acid groups (broad SMARTS) is 1. The van der Waals surface area contributed by atoms with Crippen LogP contribution >= 0.6 is 0 Å². The van der Waals surface area contributed by atoms with Crippen molar-refractivity contribution in [3.63, 3.8) is 0 Å². The Bertz CT molecular complexity index is 1160. The van der Waals surface area contributed by atoms with Gasteiger partial charge in [0.15, 0.2) is 12.4 Å². The Morgan fingerprint density at radius 3 is 1.49 bits per heavy atom. The van der Waals surface area contributed by atoms with Gasteiger partial charge in [-0.25, -0.2) is 0 Å². The molecular weight excluding hydrogens is 719 g/mol. The highest BCUT2D eigenvalue weighted by Crippen LogP contribution is 2.12. The number of nitrogens with zero attached hydrogens (tertiary/aromatic N) is 1. The van der Waals surface area contributed by atoms with E-state index in [0.717, 1.165) is 83.5 Å². The fourth-order valence-corrected chi connectivity index (χ4v) is 5.54. The number of carbonyl (C=O) groups excluding carboxylic acids is 3. The number of hydrogen-bond acceptors (Lipinski definition) is 8. The van der Waals surface area contributed by atoms with Gasteiger partial charge < -0.3 is 33.3 Å². The number of likely N-dealkylation sites (N-methyl/N-ethyl adjacent to an activating group) is 1. The van der Waals surface area contributed by atoms with Crippen LogP contribution in [-0.2, 0) is 33.3 Å². The number of carboxylic acids is 1. The van der Waals surface area contributed by atoms with Crippen LogP contribution in [0.1, 0.15) is 155 Å². The van der Waals surface area contributed by atoms with Crippen molar-refractivity contribution in [2.45, 2.75) is 167 Å². The standard InChI is InChI=1S/C48H81NO8/c1-6-8-10-12-14-16-17-18-19-20-21-22-23-24-25-26-27-28-29-31-33-35-37-39-46(51)57-44(43-56-48(47(52)53)54-41-40-49(3,4)5)42-55-45(50)38-36-34-32-30-15-13-11-9-7-2/h8,10,14,16,18-19,21-22,24-25,27-28,44,48H,6-7,9,11-13,15,17,20,23,26,29-43H2,1-5H3/b10-8-,16-14-,19-18-,22-21-,25-24-,28-27-. The second kappa shape index (κ2) is 39.6. The van der Waals surface area contributed by atoms with Gasteiger partial charge in [-0.1, -0.05) is 151 Å². The van der Waals surface area contributed by atoms with Gasteiger partial charge in [0.1, 0.15) is 13.2 Å². The quantitative estimate of drug-likeness (QED) is 0.0199. The Hall–Kier alpha value is -3.27. The monoisotopic (exact) mass is 800 g/mol. The fourth-order valence-electron chi connectivity index (χ4n) is 5.54. The smallest absolute Gasteiger partial charge is 0.306 e. The number of hydrogen-bond donors (Lipinski definition) is 0. The van der Waals surface area contributed by atoms with Crippen LogP contribution in [0.15, 0.2) is 72.9 Å². The first-order valence-electron chi connectivity index (χ1n) is 22.1. The van der Waals surface area contributed by atoms with E-state index < -0.39 is 24.3 Å². The molecule has 0 N–H and O–H groups in total. The Balaban J connectivity index is 4.44. The third kappa shape index (κ3) is 40.7. The van der Waals surface area contributed by atoms with Crippen molar-refractivity contribution >= 4 is 17.9 Å². The van der Waals surface area contributed by atoms with Crippen molar-refractivity contribution in [3.8, 4) is 0 Å². The molecule has 0 aromatic heterocycles. The van der Waals surface area contributed by atoms with Gasteiger partial charge in [0.2, 0.25) is 0 Å². The SMILES string of the molecule is CC/C=C\C/C=C\C/C=C\C/C=C\C/C=C\C/C=C\CCCCCCC(=O)OC(COC(=O)CCCCCCCCCCC)COC(OCC[N+](C)(C)C)C(=O)[O-]. The highest BCUT2D eigenvalue weighted by molar-refractivity contribution is 5.70. The Kier molecular flexibility index (Phi) is 37.3. The molecule has 0 aromatic rings. The molecule has 2 atom stereocenters. The lowest BCUT2D eigenvalue weighted by Gasteiger charge is -2.26. The summed E-state index contributed by atoms with van der Waals surface area (Å²) >= 11 is 0. The maximum absolute atomic E-state index is 12.7. The molecule has 0 saturated carbocycles. The second-order valence-corrected chi connectivity index (χ2v) is 15.6. The molecule has 0 spiro atoms. The van der Waals surface area contributed by atoms with Crippen LogP contribution in [0.4, 0.5) is 0 Å². The van der Waals surface area contributed by atoms with Crippen LogP contribution in [0.25, 0.3) is 0 Å². The summed E-state index contributed by atoms with van der Waals surface area (Å²) in [6.45, 7) is 4.54. The number of carbonyl (C=O) groups is 3. The van der Waals surface area contributed by atoms with Gasteiger partial charge in [0.05, 0.1) is 40.3 Å². The van der Waals surface area contributed by atoms with Crippen LogP contribution in [0.3, 0.4) is 0 Å². The van der Waals surface area contributed by atoms with E-state index in [-0.39, 0.29) is 38.6 Å². The van der Waals surface area contributed by atoms with Gasteiger partial charge >= 0.3 is 11.9 Å². The van der Waals surface area contributed by atoms with E-state index in [1.807, 2.05) is 21.1 Å². The van der Waals surface area contributed by atoms with Gasteiger partial charge in [-0.05, 0) is 64.2 Å². The molecule has 0 radical (unpaired) electrons. The number of unbranched alkanes of at least 4 members (excludes halogenated alkanes) is 12. The highest BCUT2D eigenvalue weighted by Gasteiger charge is 2.21. The van der Waals surface area contributed by atoms with Crippen LogP contribution < -0.4 is 5.11 Å². The first-order valence-corrected chi connectivity index (χ1v) is 22.1. The summed E-state index contributed by atoms with van der Waals surface area (Å²) in [6, 6.07) is 0. The van der Waals surface area contributed by atoms with Crippen molar-refractivity contribution in [3.05, 3.63) is 72.9 Å². The molecule has 0 aliphatic rings. The number of rotatable bonds is 39. The number of quaternary nitrogens is 1. The van der Waals surface area contributed by atoms with Gasteiger partial charge in [-0.3, -0.25) is 9.59 Å². The summed E-state index contributed by atoms with van der Waals surface area (Å²) in [7, 11) is 5.89. The number of esters is 2. The van der Waals surface area contributed by atoms with Crippen molar-refractivity contribution in [2.24, 2.45) is 0 Å². The minimum atomic E-state index is -1.63. The van der Waals surface area contributed by atoms with E-state index in [1.165, 1.54) is 38.5 Å². The number of ether oxygens (including phenoxy) is 4. The summed E-state index contributed by atoms with van der Waals surface area (Å²) in [6.07, 6.45) is 45.1. The van der Waals surface area contributed by atoms with E-state index in [9.17, 15) is 19.5 Å². The summed E-state index contributed by atoms with van der Waals surface area (Å²) in [5.41, 5.74) is 0. The van der Waals surface area contributed by atoms with Crippen LogP contribution in [0, 0.1) is 0 Å². The molecule has 0 aliphatic carbocycles. The third-order valence-electron chi connectivity index (χ3n) is 8.97. The lowest BCUT2D eigenvalue weighted by Crippen LogP contribution is -2.44. The molecule has 57 heavy (non-hydrogen) atoms. The molecule has 0 heterocycles. The molecule has 0 amide bonds. The average Bonchev–Trinajstić information content (AvgIpc) is 3.17. The summed E-state index contributed by atoms with van der Waals surface area (Å²) in [5.74, 6) is -2.33. The van der Waals surface area contributed by atoms with Crippen LogP contribution in [0.2, 0.25) is 0 Å². The second-order valence-electron chi connectivity index (χ2n) is 15.6. The Labute approximate surface area is 347 Å². The lowest BCUT2D eigenvalue weighted by atomic mass is 10.1. The van der Waals surface area contributed by atoms with Gasteiger partial charge in [-0.15, -0.1) is 0 Å². The van der Waals surface area contributed by atoms with E-state index in [4.69, 9.17) is 18.9 Å². The van der Waals surface area contributed by atoms with E-state index in [2.05, 4.69) is 86.8 Å². The lowest BCUT2D eigenvalue weighted by molar-refractivity contribution is -0.870. The minimum Gasteiger partial charge on any atom is -0.545 e. The van der Waals surface area contributed by atoms with Gasteiger partial charge in [-0.2, -0.15) is 0 Å². The normalized spacial score (nSPS) is 13.6. The fraction of sp³-hybridized carbons (Fsp3) is 0.688. The molecule has 9 heteroatoms. The van der Waals surface area contributed by atoms with Crippen molar-refractivity contribution < 1.29 is 42.9 Å². The zero-order valence-corrected chi connectivity index (χ0v) is 36.7. The Morgan fingerprint density at radius 1 is 0.544 bits per heavy atom. The zero-order valence-electron chi connectivity index (χ0n) is 36.7. The third-order valence-corrected chi connectivity index (χ3v) is 8.97. The molecule has 0 fully saturated rings. The number of aliphatic carboxylic acids is 1. The van der Waals surface area contributed by atoms with Gasteiger partial charge in [0.25, 0.3) is 0 Å². The van der Waals surface area contributed by atoms with Crippen molar-refractivity contribution in [1.29, 1.82) is 0 Å². The molecule has 9 nitrogen and oxygen atoms in total. The molecule has 0 aromatic carbocycles. The highest BCUT2D eigenvalue weighted by atomic mass is 16.7. The first kappa shape index (κ1) is 53.7. The van der Waals surface area contributed by atoms with Crippen molar-refractivity contribution in [2.75, 3.05) is 47.5 Å². The maximum atomic E-state index is 12.7. The maximum Gasteiger partial charge on any atom is 0.306 e. The van der Waals surface area contributed by atoms with E-state index in [1.54, 1.807) is 0 Å². The average molecular weight is 800 g/mol. The zero-order chi connectivity index (χ0) is 42.1. The summed E-state index contributed by atoms with van der Waals surface area (Å²) in [4.78, 5) is 36.8. The largest absolute Gasteiger partial charge is 0.545 e.